The second kappa shape index (κ2) is 8.42. The van der Waals surface area contributed by atoms with Crippen LogP contribution in [0.2, 0.25) is 5.02 Å². The Balaban J connectivity index is 1.96. The maximum absolute atomic E-state index is 12.1. The van der Waals surface area contributed by atoms with Gasteiger partial charge in [-0.15, -0.1) is 0 Å². The lowest BCUT2D eigenvalue weighted by molar-refractivity contribution is 0.0526. The largest absolute Gasteiger partial charge is 0.462 e. The molecular formula is C17H15ClN2O3S. The van der Waals surface area contributed by atoms with Crippen molar-refractivity contribution in [3.63, 3.8) is 0 Å². The van der Waals surface area contributed by atoms with E-state index in [1.54, 1.807) is 55.5 Å². The van der Waals surface area contributed by atoms with Gasteiger partial charge in [0.15, 0.2) is 5.11 Å². The van der Waals surface area contributed by atoms with Crippen LogP contribution in [0.15, 0.2) is 48.5 Å². The molecular weight excluding hydrogens is 348 g/mol. The third kappa shape index (κ3) is 4.78. The number of benzene rings is 2. The van der Waals surface area contributed by atoms with Crippen molar-refractivity contribution in [3.05, 3.63) is 64.7 Å². The van der Waals surface area contributed by atoms with Crippen LogP contribution in [0.4, 0.5) is 5.69 Å². The molecule has 1 amide bonds. The van der Waals surface area contributed by atoms with Gasteiger partial charge in [-0.1, -0.05) is 23.7 Å². The molecule has 0 fully saturated rings. The monoisotopic (exact) mass is 362 g/mol. The normalized spacial score (nSPS) is 9.92. The third-order valence-electron chi connectivity index (χ3n) is 3.00. The van der Waals surface area contributed by atoms with Gasteiger partial charge in [0.1, 0.15) is 0 Å². The molecule has 0 saturated heterocycles. The number of rotatable bonds is 4. The van der Waals surface area contributed by atoms with Crippen LogP contribution >= 0.6 is 23.8 Å². The number of anilines is 1. The van der Waals surface area contributed by atoms with E-state index in [0.29, 0.717) is 28.4 Å². The van der Waals surface area contributed by atoms with E-state index < -0.39 is 11.9 Å². The summed E-state index contributed by atoms with van der Waals surface area (Å²) in [7, 11) is 0. The van der Waals surface area contributed by atoms with Gasteiger partial charge in [0, 0.05) is 5.69 Å². The molecule has 0 aliphatic carbocycles. The van der Waals surface area contributed by atoms with Gasteiger partial charge in [-0.2, -0.15) is 0 Å². The third-order valence-corrected chi connectivity index (χ3v) is 3.53. The van der Waals surface area contributed by atoms with Gasteiger partial charge in [0.2, 0.25) is 0 Å². The zero-order chi connectivity index (χ0) is 17.5. The Bertz CT molecular complexity index is 763. The summed E-state index contributed by atoms with van der Waals surface area (Å²) in [5.41, 5.74) is 1.40. The van der Waals surface area contributed by atoms with E-state index in [1.807, 2.05) is 0 Å². The molecule has 2 rings (SSSR count). The summed E-state index contributed by atoms with van der Waals surface area (Å²) in [6, 6.07) is 13.2. The Labute approximate surface area is 150 Å². The van der Waals surface area contributed by atoms with Crippen LogP contribution in [-0.4, -0.2) is 23.6 Å². The van der Waals surface area contributed by atoms with E-state index in [2.05, 4.69) is 10.6 Å². The summed E-state index contributed by atoms with van der Waals surface area (Å²) >= 11 is 11.1. The Morgan fingerprint density at radius 3 is 2.42 bits per heavy atom. The van der Waals surface area contributed by atoms with Gasteiger partial charge in [-0.3, -0.25) is 10.1 Å². The lowest BCUT2D eigenvalue weighted by atomic mass is 10.2. The molecule has 0 saturated carbocycles. The number of carbonyl (C=O) groups is 2. The molecule has 0 atom stereocenters. The molecule has 0 aliphatic heterocycles. The van der Waals surface area contributed by atoms with E-state index in [4.69, 9.17) is 28.6 Å². The highest BCUT2D eigenvalue weighted by molar-refractivity contribution is 7.80. The summed E-state index contributed by atoms with van der Waals surface area (Å²) in [6.45, 7) is 2.06. The van der Waals surface area contributed by atoms with Crippen molar-refractivity contribution < 1.29 is 14.3 Å². The Hall–Kier alpha value is -2.44. The van der Waals surface area contributed by atoms with Crippen molar-refractivity contribution in [3.8, 4) is 0 Å². The molecule has 7 heteroatoms. The van der Waals surface area contributed by atoms with Crippen LogP contribution < -0.4 is 10.6 Å². The maximum atomic E-state index is 12.1. The molecule has 124 valence electrons. The molecule has 0 bridgehead atoms. The predicted molar refractivity (Wildman–Crippen MR) is 97.5 cm³/mol. The first-order valence-electron chi connectivity index (χ1n) is 7.15. The quantitative estimate of drug-likeness (QED) is 0.642. The molecule has 2 aromatic rings. The molecule has 0 spiro atoms. The van der Waals surface area contributed by atoms with Crippen LogP contribution in [0.1, 0.15) is 27.6 Å². The van der Waals surface area contributed by atoms with Crippen LogP contribution in [0.5, 0.6) is 0 Å². The predicted octanol–water partition coefficient (Wildman–Crippen LogP) is 3.64. The summed E-state index contributed by atoms with van der Waals surface area (Å²) < 4.78 is 4.91. The van der Waals surface area contributed by atoms with Crippen molar-refractivity contribution in [2.75, 3.05) is 11.9 Å². The van der Waals surface area contributed by atoms with Crippen molar-refractivity contribution in [2.45, 2.75) is 6.92 Å². The lowest BCUT2D eigenvalue weighted by Crippen LogP contribution is -2.34. The highest BCUT2D eigenvalue weighted by Gasteiger charge is 2.11. The van der Waals surface area contributed by atoms with Crippen molar-refractivity contribution in [1.82, 2.24) is 5.32 Å². The first-order chi connectivity index (χ1) is 11.5. The highest BCUT2D eigenvalue weighted by Crippen LogP contribution is 2.15. The number of hydrogen-bond donors (Lipinski definition) is 2. The van der Waals surface area contributed by atoms with Gasteiger partial charge in [-0.25, -0.2) is 4.79 Å². The standard InChI is InChI=1S/C17H15ClN2O3S/c1-2-23-16(22)11-7-9-12(10-8-11)19-17(24)20-15(21)13-5-3-4-6-14(13)18/h3-10H,2H2,1H3,(H2,19,20,21,24). The highest BCUT2D eigenvalue weighted by atomic mass is 35.5. The molecule has 0 unspecified atom stereocenters. The Morgan fingerprint density at radius 1 is 1.12 bits per heavy atom. The van der Waals surface area contributed by atoms with E-state index >= 15 is 0 Å². The zero-order valence-electron chi connectivity index (χ0n) is 12.8. The van der Waals surface area contributed by atoms with E-state index in [1.165, 1.54) is 0 Å². The second-order valence-corrected chi connectivity index (χ2v) is 5.50. The van der Waals surface area contributed by atoms with Crippen LogP contribution in [-0.2, 0) is 4.74 Å². The molecule has 2 N–H and O–H groups in total. The molecule has 0 aliphatic rings. The fourth-order valence-corrected chi connectivity index (χ4v) is 2.31. The van der Waals surface area contributed by atoms with Crippen molar-refractivity contribution in [2.24, 2.45) is 0 Å². The van der Waals surface area contributed by atoms with Gasteiger partial charge < -0.3 is 10.1 Å². The van der Waals surface area contributed by atoms with Crippen LogP contribution in [0.25, 0.3) is 0 Å². The first kappa shape index (κ1) is 17.9. The molecule has 2 aromatic carbocycles. The van der Waals surface area contributed by atoms with Gasteiger partial charge in [0.25, 0.3) is 5.91 Å². The molecule has 24 heavy (non-hydrogen) atoms. The van der Waals surface area contributed by atoms with E-state index in [-0.39, 0.29) is 5.11 Å². The molecule has 5 nitrogen and oxygen atoms in total. The maximum Gasteiger partial charge on any atom is 0.338 e. The van der Waals surface area contributed by atoms with Crippen LogP contribution in [0.3, 0.4) is 0 Å². The zero-order valence-corrected chi connectivity index (χ0v) is 14.4. The lowest BCUT2D eigenvalue weighted by Gasteiger charge is -2.10. The van der Waals surface area contributed by atoms with Crippen molar-refractivity contribution >= 4 is 46.5 Å². The van der Waals surface area contributed by atoms with E-state index in [9.17, 15) is 9.59 Å². The minimum atomic E-state index is -0.402. The van der Waals surface area contributed by atoms with Crippen molar-refractivity contribution in [1.29, 1.82) is 0 Å². The minimum absolute atomic E-state index is 0.129. The Morgan fingerprint density at radius 2 is 1.79 bits per heavy atom. The summed E-state index contributed by atoms with van der Waals surface area (Å²) in [5.74, 6) is -0.792. The van der Waals surface area contributed by atoms with Gasteiger partial charge in [-0.05, 0) is 55.5 Å². The first-order valence-corrected chi connectivity index (χ1v) is 7.94. The van der Waals surface area contributed by atoms with E-state index in [0.717, 1.165) is 0 Å². The van der Waals surface area contributed by atoms with Crippen LogP contribution in [0, 0.1) is 0 Å². The Kier molecular flexibility index (Phi) is 6.28. The van der Waals surface area contributed by atoms with Gasteiger partial charge >= 0.3 is 5.97 Å². The molecule has 0 heterocycles. The molecule has 0 radical (unpaired) electrons. The molecule has 0 aromatic heterocycles. The number of halogens is 1. The fourth-order valence-electron chi connectivity index (χ4n) is 1.88. The number of esters is 1. The number of nitrogens with one attached hydrogen (secondary N) is 2. The van der Waals surface area contributed by atoms with Gasteiger partial charge in [0.05, 0.1) is 22.8 Å². The number of thiocarbonyl (C=S) groups is 1. The number of carbonyl (C=O) groups excluding carboxylic acids is 2. The smallest absolute Gasteiger partial charge is 0.338 e. The average Bonchev–Trinajstić information content (AvgIpc) is 2.56. The number of ether oxygens (including phenoxy) is 1. The fraction of sp³-hybridized carbons (Fsp3) is 0.118. The second-order valence-electron chi connectivity index (χ2n) is 4.69. The number of amides is 1. The summed E-state index contributed by atoms with van der Waals surface area (Å²) in [6.07, 6.45) is 0. The number of hydrogen-bond acceptors (Lipinski definition) is 4. The SMILES string of the molecule is CCOC(=O)c1ccc(NC(=S)NC(=O)c2ccccc2Cl)cc1. The summed E-state index contributed by atoms with van der Waals surface area (Å²) in [4.78, 5) is 23.7. The minimum Gasteiger partial charge on any atom is -0.462 e. The topological polar surface area (TPSA) is 67.4 Å². The average molecular weight is 363 g/mol. The summed E-state index contributed by atoms with van der Waals surface area (Å²) in [5, 5.41) is 5.89.